The zero-order valence-electron chi connectivity index (χ0n) is 9.81. The first kappa shape index (κ1) is 12.1. The fourth-order valence-electron chi connectivity index (χ4n) is 1.59. The quantitative estimate of drug-likeness (QED) is 0.843. The minimum atomic E-state index is -0.463. The van der Waals surface area contributed by atoms with E-state index in [2.05, 4.69) is 10.1 Å². The third kappa shape index (κ3) is 2.48. The lowest BCUT2D eigenvalue weighted by atomic mass is 10.1. The predicted molar refractivity (Wildman–Crippen MR) is 67.5 cm³/mol. The van der Waals surface area contributed by atoms with Crippen molar-refractivity contribution in [1.29, 1.82) is 0 Å². The van der Waals surface area contributed by atoms with Crippen LogP contribution in [0.2, 0.25) is 0 Å². The average molecular weight is 245 g/mol. The van der Waals surface area contributed by atoms with Gasteiger partial charge < -0.3 is 10.1 Å². The summed E-state index contributed by atoms with van der Waals surface area (Å²) in [4.78, 5) is 11.6. The first-order valence-electron chi connectivity index (χ1n) is 5.41. The lowest BCUT2D eigenvalue weighted by molar-refractivity contribution is 0.0602. The van der Waals surface area contributed by atoms with Gasteiger partial charge in [-0.15, -0.1) is 0 Å². The number of hydrogen-bond acceptors (Lipinski definition) is 3. The summed E-state index contributed by atoms with van der Waals surface area (Å²) in [6, 6.07) is 13.1. The molecule has 0 spiro atoms. The number of anilines is 2. The fraction of sp³-hybridized carbons (Fsp3) is 0.0714. The van der Waals surface area contributed by atoms with Crippen LogP contribution >= 0.6 is 0 Å². The summed E-state index contributed by atoms with van der Waals surface area (Å²) in [5.74, 6) is -0.841. The number of carbonyl (C=O) groups excluding carboxylic acids is 1. The minimum Gasteiger partial charge on any atom is -0.465 e. The maximum absolute atomic E-state index is 13.5. The molecule has 0 radical (unpaired) electrons. The monoisotopic (exact) mass is 245 g/mol. The van der Waals surface area contributed by atoms with Gasteiger partial charge >= 0.3 is 5.97 Å². The van der Waals surface area contributed by atoms with Crippen molar-refractivity contribution in [2.24, 2.45) is 0 Å². The molecule has 4 heteroatoms. The van der Waals surface area contributed by atoms with E-state index in [1.807, 2.05) is 0 Å². The van der Waals surface area contributed by atoms with Crippen LogP contribution in [0.4, 0.5) is 15.8 Å². The molecule has 0 unspecified atom stereocenters. The summed E-state index contributed by atoms with van der Waals surface area (Å²) in [7, 11) is 1.31. The van der Waals surface area contributed by atoms with Crippen LogP contribution < -0.4 is 5.32 Å². The van der Waals surface area contributed by atoms with Gasteiger partial charge in [0.25, 0.3) is 0 Å². The molecule has 92 valence electrons. The molecule has 18 heavy (non-hydrogen) atoms. The lowest BCUT2D eigenvalue weighted by Gasteiger charge is -2.11. The van der Waals surface area contributed by atoms with Crippen molar-refractivity contribution in [3.63, 3.8) is 0 Å². The molecule has 2 aromatic carbocycles. The number of carbonyl (C=O) groups is 1. The van der Waals surface area contributed by atoms with E-state index < -0.39 is 5.97 Å². The number of nitrogens with one attached hydrogen (secondary N) is 1. The zero-order chi connectivity index (χ0) is 13.0. The Kier molecular flexibility index (Phi) is 3.57. The molecule has 0 fully saturated rings. The molecule has 2 aromatic rings. The Morgan fingerprint density at radius 3 is 2.33 bits per heavy atom. The van der Waals surface area contributed by atoms with Crippen molar-refractivity contribution in [1.82, 2.24) is 0 Å². The van der Waals surface area contributed by atoms with Crippen molar-refractivity contribution in [2.75, 3.05) is 12.4 Å². The molecule has 0 atom stereocenters. The summed E-state index contributed by atoms with van der Waals surface area (Å²) in [5.41, 5.74) is 1.19. The van der Waals surface area contributed by atoms with Crippen LogP contribution in [0, 0.1) is 5.82 Å². The minimum absolute atomic E-state index is 0.314. The summed E-state index contributed by atoms with van der Waals surface area (Å²) >= 11 is 0. The Morgan fingerprint density at radius 1 is 1.06 bits per heavy atom. The molecule has 0 aromatic heterocycles. The number of ether oxygens (including phenoxy) is 1. The molecular weight excluding hydrogens is 233 g/mol. The highest BCUT2D eigenvalue weighted by atomic mass is 19.1. The van der Waals surface area contributed by atoms with Gasteiger partial charge in [0.05, 0.1) is 24.0 Å². The first-order chi connectivity index (χ1) is 8.72. The molecule has 3 nitrogen and oxygen atoms in total. The molecule has 0 saturated heterocycles. The second-order valence-electron chi connectivity index (χ2n) is 3.64. The molecule has 0 heterocycles. The van der Waals surface area contributed by atoms with Crippen LogP contribution in [-0.4, -0.2) is 13.1 Å². The maximum Gasteiger partial charge on any atom is 0.339 e. The predicted octanol–water partition coefficient (Wildman–Crippen LogP) is 3.36. The highest BCUT2D eigenvalue weighted by molar-refractivity contribution is 5.96. The second kappa shape index (κ2) is 5.31. The Morgan fingerprint density at radius 2 is 1.67 bits per heavy atom. The number of rotatable bonds is 3. The SMILES string of the molecule is COC(=O)c1ccccc1Nc1ccccc1F. The van der Waals surface area contributed by atoms with E-state index in [1.165, 1.54) is 13.2 Å². The van der Waals surface area contributed by atoms with Crippen molar-refractivity contribution in [2.45, 2.75) is 0 Å². The van der Waals surface area contributed by atoms with Gasteiger partial charge in [0.15, 0.2) is 0 Å². The van der Waals surface area contributed by atoms with E-state index in [4.69, 9.17) is 0 Å². The van der Waals surface area contributed by atoms with Gasteiger partial charge in [-0.05, 0) is 24.3 Å². The number of hydrogen-bond donors (Lipinski definition) is 1. The second-order valence-corrected chi connectivity index (χ2v) is 3.64. The van der Waals surface area contributed by atoms with E-state index in [9.17, 15) is 9.18 Å². The van der Waals surface area contributed by atoms with Crippen LogP contribution in [0.3, 0.4) is 0 Å². The number of esters is 1. The standard InChI is InChI=1S/C14H12FNO2/c1-18-14(17)10-6-2-4-8-12(10)16-13-9-5-3-7-11(13)15/h2-9,16H,1H3. The van der Waals surface area contributed by atoms with E-state index in [0.29, 0.717) is 16.9 Å². The van der Waals surface area contributed by atoms with E-state index >= 15 is 0 Å². The topological polar surface area (TPSA) is 38.3 Å². The van der Waals surface area contributed by atoms with Crippen LogP contribution in [0.15, 0.2) is 48.5 Å². The molecule has 0 bridgehead atoms. The van der Waals surface area contributed by atoms with Gasteiger partial charge in [0.2, 0.25) is 0 Å². The normalized spacial score (nSPS) is 9.89. The van der Waals surface area contributed by atoms with Gasteiger partial charge in [-0.1, -0.05) is 24.3 Å². The van der Waals surface area contributed by atoms with Crippen LogP contribution in [0.5, 0.6) is 0 Å². The first-order valence-corrected chi connectivity index (χ1v) is 5.41. The highest BCUT2D eigenvalue weighted by Gasteiger charge is 2.11. The van der Waals surface area contributed by atoms with E-state index in [0.717, 1.165) is 0 Å². The molecule has 1 N–H and O–H groups in total. The van der Waals surface area contributed by atoms with Gasteiger partial charge in [-0.2, -0.15) is 0 Å². The van der Waals surface area contributed by atoms with Crippen molar-refractivity contribution in [3.05, 3.63) is 59.9 Å². The van der Waals surface area contributed by atoms with Gasteiger partial charge in [0, 0.05) is 0 Å². The van der Waals surface area contributed by atoms with Crippen LogP contribution in [0.1, 0.15) is 10.4 Å². The maximum atomic E-state index is 13.5. The Labute approximate surface area is 104 Å². The van der Waals surface area contributed by atoms with Crippen molar-refractivity contribution in [3.8, 4) is 0 Å². The summed E-state index contributed by atoms with van der Waals surface area (Å²) < 4.78 is 18.2. The molecule has 0 aliphatic carbocycles. The van der Waals surface area contributed by atoms with Gasteiger partial charge in [-0.3, -0.25) is 0 Å². The molecule has 0 aliphatic heterocycles. The van der Waals surface area contributed by atoms with E-state index in [1.54, 1.807) is 42.5 Å². The highest BCUT2D eigenvalue weighted by Crippen LogP contribution is 2.23. The number of benzene rings is 2. The smallest absolute Gasteiger partial charge is 0.339 e. The number of methoxy groups -OCH3 is 1. The third-order valence-electron chi connectivity index (χ3n) is 2.48. The van der Waals surface area contributed by atoms with Gasteiger partial charge in [-0.25, -0.2) is 9.18 Å². The number of para-hydroxylation sites is 2. The zero-order valence-corrected chi connectivity index (χ0v) is 9.81. The summed E-state index contributed by atoms with van der Waals surface area (Å²) in [6.45, 7) is 0. The molecular formula is C14H12FNO2. The van der Waals surface area contributed by atoms with Crippen LogP contribution in [-0.2, 0) is 4.74 Å². The molecule has 2 rings (SSSR count). The molecule has 0 amide bonds. The molecule has 0 aliphatic rings. The Balaban J connectivity index is 2.35. The van der Waals surface area contributed by atoms with Crippen molar-refractivity contribution < 1.29 is 13.9 Å². The largest absolute Gasteiger partial charge is 0.465 e. The van der Waals surface area contributed by atoms with E-state index in [-0.39, 0.29) is 5.82 Å². The summed E-state index contributed by atoms with van der Waals surface area (Å²) in [5, 5.41) is 2.88. The Hall–Kier alpha value is -2.36. The number of halogens is 1. The third-order valence-corrected chi connectivity index (χ3v) is 2.48. The summed E-state index contributed by atoms with van der Waals surface area (Å²) in [6.07, 6.45) is 0. The lowest BCUT2D eigenvalue weighted by Crippen LogP contribution is -2.05. The average Bonchev–Trinajstić information content (AvgIpc) is 2.41. The van der Waals surface area contributed by atoms with Crippen LogP contribution in [0.25, 0.3) is 0 Å². The van der Waals surface area contributed by atoms with Crippen molar-refractivity contribution >= 4 is 17.3 Å². The Bertz CT molecular complexity index is 569. The molecule has 0 saturated carbocycles. The van der Waals surface area contributed by atoms with Gasteiger partial charge in [0.1, 0.15) is 5.82 Å². The fourth-order valence-corrected chi connectivity index (χ4v) is 1.59.